The van der Waals surface area contributed by atoms with Crippen molar-refractivity contribution in [3.05, 3.63) is 28.2 Å². The minimum Gasteiger partial charge on any atom is -0.481 e. The Bertz CT molecular complexity index is 418. The fraction of sp³-hybridized carbons (Fsp3) is 0.300. The van der Waals surface area contributed by atoms with Gasteiger partial charge in [0.1, 0.15) is 5.75 Å². The van der Waals surface area contributed by atoms with Crippen molar-refractivity contribution in [2.75, 3.05) is 0 Å². The minimum atomic E-state index is -4.79. The molecule has 0 amide bonds. The molecule has 3 nitrogen and oxygen atoms in total. The zero-order valence-corrected chi connectivity index (χ0v) is 10.0. The van der Waals surface area contributed by atoms with Crippen LogP contribution >= 0.6 is 15.9 Å². The van der Waals surface area contributed by atoms with Gasteiger partial charge < -0.3 is 9.84 Å². The van der Waals surface area contributed by atoms with Gasteiger partial charge >= 0.3 is 12.3 Å². The van der Waals surface area contributed by atoms with Crippen LogP contribution in [0.25, 0.3) is 0 Å². The number of hydrogen-bond acceptors (Lipinski definition) is 2. The highest BCUT2D eigenvalue weighted by Gasteiger charge is 2.32. The van der Waals surface area contributed by atoms with Crippen molar-refractivity contribution in [1.29, 1.82) is 0 Å². The maximum Gasteiger partial charge on any atom is 0.573 e. The van der Waals surface area contributed by atoms with Gasteiger partial charge in [-0.15, -0.1) is 13.2 Å². The molecule has 0 radical (unpaired) electrons. The van der Waals surface area contributed by atoms with Crippen molar-refractivity contribution >= 4 is 21.9 Å². The lowest BCUT2D eigenvalue weighted by Crippen LogP contribution is -2.18. The Balaban J connectivity index is 2.91. The molecule has 94 valence electrons. The van der Waals surface area contributed by atoms with Gasteiger partial charge in [-0.2, -0.15) is 0 Å². The van der Waals surface area contributed by atoms with Crippen LogP contribution in [0.2, 0.25) is 0 Å². The van der Waals surface area contributed by atoms with E-state index in [1.807, 2.05) is 0 Å². The molecular weight excluding hydrogens is 305 g/mol. The number of alkyl halides is 3. The van der Waals surface area contributed by atoms with Crippen molar-refractivity contribution in [3.63, 3.8) is 0 Å². The monoisotopic (exact) mass is 312 g/mol. The Morgan fingerprint density at radius 3 is 2.59 bits per heavy atom. The number of rotatable bonds is 4. The average Bonchev–Trinajstić information content (AvgIpc) is 2.13. The normalized spacial score (nSPS) is 11.3. The Hall–Kier alpha value is -1.24. The molecule has 1 rings (SSSR count). The van der Waals surface area contributed by atoms with Gasteiger partial charge in [0, 0.05) is 10.9 Å². The second-order valence-electron chi connectivity index (χ2n) is 3.19. The molecule has 0 fully saturated rings. The number of carbonyl (C=O) groups is 1. The van der Waals surface area contributed by atoms with Gasteiger partial charge in [-0.3, -0.25) is 4.79 Å². The van der Waals surface area contributed by atoms with Gasteiger partial charge in [0.2, 0.25) is 0 Å². The lowest BCUT2D eigenvalue weighted by molar-refractivity contribution is -0.274. The second kappa shape index (κ2) is 5.39. The topological polar surface area (TPSA) is 46.5 Å². The van der Waals surface area contributed by atoms with E-state index in [0.717, 1.165) is 6.07 Å². The molecule has 0 aliphatic carbocycles. The smallest absolute Gasteiger partial charge is 0.481 e. The molecule has 0 unspecified atom stereocenters. The van der Waals surface area contributed by atoms with Crippen LogP contribution in [-0.2, 0) is 11.2 Å². The van der Waals surface area contributed by atoms with Gasteiger partial charge in [-0.25, -0.2) is 0 Å². The Labute approximate surface area is 103 Å². The van der Waals surface area contributed by atoms with Crippen LogP contribution in [0.15, 0.2) is 22.7 Å². The van der Waals surface area contributed by atoms with Gasteiger partial charge in [-0.1, -0.05) is 22.0 Å². The van der Waals surface area contributed by atoms with Crippen LogP contribution in [0.3, 0.4) is 0 Å². The predicted molar refractivity (Wildman–Crippen MR) is 56.8 cm³/mol. The SMILES string of the molecule is O=C(O)CCc1ccc(Br)cc1OC(F)(F)F. The highest BCUT2D eigenvalue weighted by molar-refractivity contribution is 9.10. The molecule has 17 heavy (non-hydrogen) atoms. The van der Waals surface area contributed by atoms with Crippen LogP contribution in [0.5, 0.6) is 5.75 Å². The number of benzene rings is 1. The molecule has 0 aromatic heterocycles. The summed E-state index contributed by atoms with van der Waals surface area (Å²) in [6, 6.07) is 4.08. The first-order chi connectivity index (χ1) is 7.78. The molecule has 0 aliphatic rings. The van der Waals surface area contributed by atoms with Gasteiger partial charge in [0.25, 0.3) is 0 Å². The summed E-state index contributed by atoms with van der Waals surface area (Å²) in [4.78, 5) is 10.4. The average molecular weight is 313 g/mol. The van der Waals surface area contributed by atoms with Gasteiger partial charge in [0.05, 0.1) is 0 Å². The fourth-order valence-electron chi connectivity index (χ4n) is 1.20. The van der Waals surface area contributed by atoms with Crippen molar-refractivity contribution in [3.8, 4) is 5.75 Å². The molecule has 0 heterocycles. The molecule has 0 spiro atoms. The third-order valence-corrected chi connectivity index (χ3v) is 2.36. The van der Waals surface area contributed by atoms with Crippen molar-refractivity contribution in [2.45, 2.75) is 19.2 Å². The minimum absolute atomic E-state index is 0.0198. The number of halogens is 4. The van der Waals surface area contributed by atoms with Crippen molar-refractivity contribution in [2.24, 2.45) is 0 Å². The highest BCUT2D eigenvalue weighted by atomic mass is 79.9. The summed E-state index contributed by atoms with van der Waals surface area (Å²) in [6.45, 7) is 0. The maximum absolute atomic E-state index is 12.1. The predicted octanol–water partition coefficient (Wildman–Crippen LogP) is 3.36. The van der Waals surface area contributed by atoms with Crippen LogP contribution < -0.4 is 4.74 Å². The van der Waals surface area contributed by atoms with Gasteiger partial charge in [0.15, 0.2) is 0 Å². The molecule has 7 heteroatoms. The van der Waals surface area contributed by atoms with Crippen molar-refractivity contribution in [1.82, 2.24) is 0 Å². The molecule has 0 aliphatic heterocycles. The zero-order valence-electron chi connectivity index (χ0n) is 8.42. The summed E-state index contributed by atoms with van der Waals surface area (Å²) in [5.74, 6) is -1.46. The number of hydrogen-bond donors (Lipinski definition) is 1. The lowest BCUT2D eigenvalue weighted by Gasteiger charge is -2.13. The number of carboxylic acid groups (broad SMARTS) is 1. The van der Waals surface area contributed by atoms with Gasteiger partial charge in [-0.05, 0) is 24.1 Å². The van der Waals surface area contributed by atoms with E-state index in [1.54, 1.807) is 0 Å². The molecular formula is C10H8BrF3O3. The van der Waals surface area contributed by atoms with Crippen LogP contribution in [0, 0.1) is 0 Å². The molecule has 0 atom stereocenters. The quantitative estimate of drug-likeness (QED) is 0.927. The van der Waals surface area contributed by atoms with E-state index in [2.05, 4.69) is 20.7 Å². The number of carboxylic acids is 1. The summed E-state index contributed by atoms with van der Waals surface area (Å²) in [6.07, 6.45) is -5.07. The van der Waals surface area contributed by atoms with E-state index >= 15 is 0 Å². The van der Waals surface area contributed by atoms with E-state index in [9.17, 15) is 18.0 Å². The molecule has 0 saturated heterocycles. The first-order valence-electron chi connectivity index (χ1n) is 4.54. The second-order valence-corrected chi connectivity index (χ2v) is 4.11. The molecule has 0 saturated carbocycles. The van der Waals surface area contributed by atoms with E-state index < -0.39 is 12.3 Å². The third kappa shape index (κ3) is 5.08. The largest absolute Gasteiger partial charge is 0.573 e. The first kappa shape index (κ1) is 13.8. The molecule has 0 bridgehead atoms. The fourth-order valence-corrected chi connectivity index (χ4v) is 1.54. The van der Waals surface area contributed by atoms with Crippen LogP contribution in [0.1, 0.15) is 12.0 Å². The van der Waals surface area contributed by atoms with Crippen LogP contribution in [0.4, 0.5) is 13.2 Å². The van der Waals surface area contributed by atoms with E-state index in [1.165, 1.54) is 12.1 Å². The summed E-state index contributed by atoms with van der Waals surface area (Å²) >= 11 is 3.02. The number of aryl methyl sites for hydroxylation is 1. The molecule has 1 aromatic carbocycles. The Morgan fingerprint density at radius 1 is 1.41 bits per heavy atom. The van der Waals surface area contributed by atoms with E-state index in [-0.39, 0.29) is 24.2 Å². The number of aliphatic carboxylic acids is 1. The Kier molecular flexibility index (Phi) is 4.39. The number of ether oxygens (including phenoxy) is 1. The zero-order chi connectivity index (χ0) is 13.1. The lowest BCUT2D eigenvalue weighted by atomic mass is 10.1. The summed E-state index contributed by atoms with van der Waals surface area (Å²) in [5, 5.41) is 8.48. The van der Waals surface area contributed by atoms with Crippen molar-refractivity contribution < 1.29 is 27.8 Å². The Morgan fingerprint density at radius 2 is 2.06 bits per heavy atom. The standard InChI is InChI=1S/C10H8BrF3O3/c11-7-3-1-6(2-4-9(15)16)8(5-7)17-10(12,13)14/h1,3,5H,2,4H2,(H,15,16). The first-order valence-corrected chi connectivity index (χ1v) is 5.33. The summed E-state index contributed by atoms with van der Waals surface area (Å²) < 4.78 is 40.5. The highest BCUT2D eigenvalue weighted by Crippen LogP contribution is 2.30. The van der Waals surface area contributed by atoms with E-state index in [0.29, 0.717) is 4.47 Å². The summed E-state index contributed by atoms with van der Waals surface area (Å²) in [5.41, 5.74) is 0.202. The van der Waals surface area contributed by atoms with E-state index in [4.69, 9.17) is 5.11 Å². The third-order valence-electron chi connectivity index (χ3n) is 1.86. The molecule has 1 N–H and O–H groups in total. The molecule has 1 aromatic rings. The van der Waals surface area contributed by atoms with Crippen LogP contribution in [-0.4, -0.2) is 17.4 Å². The summed E-state index contributed by atoms with van der Waals surface area (Å²) in [7, 11) is 0. The maximum atomic E-state index is 12.1.